The Hall–Kier alpha value is -0.920. The molecule has 0 unspecified atom stereocenters. The van der Waals surface area contributed by atoms with Gasteiger partial charge in [0.2, 0.25) is 10.0 Å². The molecule has 1 aromatic carbocycles. The molecular weight excluding hydrogens is 322 g/mol. The van der Waals surface area contributed by atoms with Gasteiger partial charge in [-0.3, -0.25) is 0 Å². The predicted octanol–water partition coefficient (Wildman–Crippen LogP) is 2.15. The van der Waals surface area contributed by atoms with Crippen LogP contribution < -0.4 is 0 Å². The first-order valence-corrected chi connectivity index (χ1v) is 10.8. The van der Waals surface area contributed by atoms with Crippen molar-refractivity contribution in [1.82, 2.24) is 4.31 Å². The smallest absolute Gasteiger partial charge is 0.224 e. The van der Waals surface area contributed by atoms with Gasteiger partial charge in [0.1, 0.15) is 0 Å². The van der Waals surface area contributed by atoms with Crippen molar-refractivity contribution in [3.8, 4) is 0 Å². The van der Waals surface area contributed by atoms with Gasteiger partial charge in [-0.25, -0.2) is 16.8 Å². The number of sulfone groups is 1. The minimum atomic E-state index is -3.53. The van der Waals surface area contributed by atoms with E-state index in [1.807, 2.05) is 0 Å². The first-order chi connectivity index (χ1) is 10.1. The van der Waals surface area contributed by atoms with Gasteiger partial charge in [-0.2, -0.15) is 4.31 Å². The van der Waals surface area contributed by atoms with E-state index >= 15 is 0 Å². The fraction of sp³-hybridized carbons (Fsp3) is 0.600. The van der Waals surface area contributed by atoms with Crippen molar-refractivity contribution in [3.63, 3.8) is 0 Å². The lowest BCUT2D eigenvalue weighted by molar-refractivity contribution is 0.226. The van der Waals surface area contributed by atoms with Crippen LogP contribution in [0.3, 0.4) is 0 Å². The summed E-state index contributed by atoms with van der Waals surface area (Å²) in [7, 11) is -6.85. The zero-order chi connectivity index (χ0) is 16.5. The van der Waals surface area contributed by atoms with Crippen LogP contribution in [0, 0.1) is 11.8 Å². The predicted molar refractivity (Wildman–Crippen MR) is 85.9 cm³/mol. The average molecular weight is 345 g/mol. The maximum Gasteiger partial charge on any atom is 0.243 e. The minimum absolute atomic E-state index is 0.130. The van der Waals surface area contributed by atoms with Crippen LogP contribution in [0.4, 0.5) is 0 Å². The molecule has 1 aliphatic heterocycles. The maximum absolute atomic E-state index is 12.6. The summed E-state index contributed by atoms with van der Waals surface area (Å²) in [4.78, 5) is 0.285. The number of piperidine rings is 1. The summed E-state index contributed by atoms with van der Waals surface area (Å²) in [5.41, 5.74) is 0. The van der Waals surface area contributed by atoms with Crippen LogP contribution in [0.25, 0.3) is 0 Å². The van der Waals surface area contributed by atoms with Gasteiger partial charge >= 0.3 is 0 Å². The van der Waals surface area contributed by atoms with Gasteiger partial charge in [0.25, 0.3) is 0 Å². The zero-order valence-electron chi connectivity index (χ0n) is 13.2. The quantitative estimate of drug-likeness (QED) is 0.838. The lowest BCUT2D eigenvalue weighted by atomic mass is 9.87. The summed E-state index contributed by atoms with van der Waals surface area (Å²) in [5.74, 6) is 1.14. The molecule has 1 saturated heterocycles. The number of hydrogen-bond donors (Lipinski definition) is 0. The molecule has 2 rings (SSSR count). The number of hydrogen-bond acceptors (Lipinski definition) is 4. The van der Waals surface area contributed by atoms with Crippen molar-refractivity contribution >= 4 is 19.9 Å². The fourth-order valence-corrected chi connectivity index (χ4v) is 4.89. The van der Waals surface area contributed by atoms with Gasteiger partial charge in [-0.15, -0.1) is 0 Å². The maximum atomic E-state index is 12.6. The molecule has 1 aliphatic rings. The van der Waals surface area contributed by atoms with Crippen molar-refractivity contribution in [1.29, 1.82) is 0 Å². The van der Waals surface area contributed by atoms with Gasteiger partial charge in [0.15, 0.2) is 9.84 Å². The Morgan fingerprint density at radius 3 is 1.82 bits per heavy atom. The third-order valence-electron chi connectivity index (χ3n) is 4.33. The van der Waals surface area contributed by atoms with Crippen LogP contribution >= 0.6 is 0 Å². The monoisotopic (exact) mass is 345 g/mol. The van der Waals surface area contributed by atoms with Gasteiger partial charge in [0.05, 0.1) is 9.79 Å². The molecule has 0 aromatic heterocycles. The van der Waals surface area contributed by atoms with Crippen molar-refractivity contribution in [2.45, 2.75) is 36.5 Å². The van der Waals surface area contributed by atoms with E-state index < -0.39 is 19.9 Å². The molecule has 0 saturated carbocycles. The molecule has 1 heterocycles. The lowest BCUT2D eigenvalue weighted by Gasteiger charge is -2.33. The van der Waals surface area contributed by atoms with Gasteiger partial charge in [0, 0.05) is 19.3 Å². The highest BCUT2D eigenvalue weighted by molar-refractivity contribution is 7.90. The molecule has 0 radical (unpaired) electrons. The Balaban J connectivity index is 2.18. The highest BCUT2D eigenvalue weighted by Gasteiger charge is 2.30. The van der Waals surface area contributed by atoms with Crippen LogP contribution in [0.15, 0.2) is 34.1 Å². The topological polar surface area (TPSA) is 71.5 Å². The Labute approximate surface area is 133 Å². The summed E-state index contributed by atoms with van der Waals surface area (Å²) in [6, 6.07) is 5.45. The highest BCUT2D eigenvalue weighted by Crippen LogP contribution is 2.28. The average Bonchev–Trinajstić information content (AvgIpc) is 2.46. The van der Waals surface area contributed by atoms with Gasteiger partial charge < -0.3 is 0 Å². The van der Waals surface area contributed by atoms with Crippen molar-refractivity contribution in [2.75, 3.05) is 19.3 Å². The van der Waals surface area contributed by atoms with Crippen LogP contribution in [-0.2, 0) is 19.9 Å². The molecule has 0 N–H and O–H groups in total. The van der Waals surface area contributed by atoms with Gasteiger partial charge in [-0.05, 0) is 48.9 Å². The molecule has 0 aliphatic carbocycles. The largest absolute Gasteiger partial charge is 0.243 e. The fourth-order valence-electron chi connectivity index (χ4n) is 2.79. The number of rotatable bonds is 4. The molecule has 1 fully saturated rings. The molecular formula is C15H23NO4S2. The third kappa shape index (κ3) is 3.70. The van der Waals surface area contributed by atoms with E-state index in [9.17, 15) is 16.8 Å². The molecule has 1 aromatic rings. The number of sulfonamides is 1. The minimum Gasteiger partial charge on any atom is -0.224 e. The van der Waals surface area contributed by atoms with E-state index in [2.05, 4.69) is 13.8 Å². The van der Waals surface area contributed by atoms with Gasteiger partial charge in [-0.1, -0.05) is 13.8 Å². The molecule has 5 nitrogen and oxygen atoms in total. The van der Waals surface area contributed by atoms with E-state index in [-0.39, 0.29) is 9.79 Å². The Morgan fingerprint density at radius 2 is 1.41 bits per heavy atom. The summed E-state index contributed by atoms with van der Waals surface area (Å²) in [6.45, 7) is 5.38. The van der Waals surface area contributed by atoms with Crippen LogP contribution in [-0.4, -0.2) is 40.5 Å². The van der Waals surface area contributed by atoms with Crippen molar-refractivity contribution in [3.05, 3.63) is 24.3 Å². The third-order valence-corrected chi connectivity index (χ3v) is 7.37. The van der Waals surface area contributed by atoms with Crippen LogP contribution in [0.1, 0.15) is 26.7 Å². The Kier molecular flexibility index (Phi) is 4.99. The summed E-state index contributed by atoms with van der Waals surface area (Å²) >= 11 is 0. The molecule has 7 heteroatoms. The second-order valence-corrected chi connectivity index (χ2v) is 10.2. The Bertz CT molecular complexity index is 713. The first-order valence-electron chi connectivity index (χ1n) is 7.42. The standard InChI is InChI=1S/C15H23NO4S2/c1-12(2)13-8-10-16(11-9-13)22(19,20)15-6-4-14(5-7-15)21(3,17)18/h4-7,12-13H,8-11H2,1-3H3. The first kappa shape index (κ1) is 17.4. The summed E-state index contributed by atoms with van der Waals surface area (Å²) in [6.07, 6.45) is 2.85. The van der Waals surface area contributed by atoms with E-state index in [0.29, 0.717) is 24.9 Å². The summed E-state index contributed by atoms with van der Waals surface area (Å²) < 4.78 is 49.6. The molecule has 22 heavy (non-hydrogen) atoms. The normalized spacial score (nSPS) is 18.7. The van der Waals surface area contributed by atoms with E-state index in [1.165, 1.54) is 28.6 Å². The SMILES string of the molecule is CC(C)C1CCN(S(=O)(=O)c2ccc(S(C)(=O)=O)cc2)CC1. The molecule has 0 bridgehead atoms. The molecule has 0 spiro atoms. The highest BCUT2D eigenvalue weighted by atomic mass is 32.2. The van der Waals surface area contributed by atoms with E-state index in [4.69, 9.17) is 0 Å². The zero-order valence-corrected chi connectivity index (χ0v) is 14.8. The second-order valence-electron chi connectivity index (χ2n) is 6.23. The van der Waals surface area contributed by atoms with Crippen LogP contribution in [0.5, 0.6) is 0 Å². The number of nitrogens with zero attached hydrogens (tertiary/aromatic N) is 1. The van der Waals surface area contributed by atoms with E-state index in [0.717, 1.165) is 19.1 Å². The van der Waals surface area contributed by atoms with Crippen molar-refractivity contribution < 1.29 is 16.8 Å². The van der Waals surface area contributed by atoms with Crippen LogP contribution in [0.2, 0.25) is 0 Å². The Morgan fingerprint density at radius 1 is 0.955 bits per heavy atom. The molecule has 0 atom stereocenters. The second kappa shape index (κ2) is 6.29. The molecule has 0 amide bonds. The lowest BCUT2D eigenvalue weighted by Crippen LogP contribution is -2.39. The van der Waals surface area contributed by atoms with E-state index in [1.54, 1.807) is 0 Å². The van der Waals surface area contributed by atoms with Crippen molar-refractivity contribution in [2.24, 2.45) is 11.8 Å². The molecule has 124 valence electrons. The summed E-state index contributed by atoms with van der Waals surface area (Å²) in [5, 5.41) is 0. The number of benzene rings is 1.